The van der Waals surface area contributed by atoms with Crippen LogP contribution < -0.4 is 11.5 Å². The summed E-state index contributed by atoms with van der Waals surface area (Å²) in [5, 5.41) is 0. The number of rotatable bonds is 3. The van der Waals surface area contributed by atoms with Gasteiger partial charge in [-0.25, -0.2) is 4.99 Å². The predicted octanol–water partition coefficient (Wildman–Crippen LogP) is 1.22. The largest absolute Gasteiger partial charge is 0.370 e. The topological polar surface area (TPSA) is 84.7 Å². The normalized spacial score (nSPS) is 23.6. The molecule has 0 radical (unpaired) electrons. The van der Waals surface area contributed by atoms with Gasteiger partial charge in [0.25, 0.3) is 0 Å². The molecule has 0 aromatic rings. The fraction of sp³-hybridized carbons (Fsp3) is 0.857. The molecule has 0 atom stereocenters. The van der Waals surface area contributed by atoms with E-state index in [1.54, 1.807) is 0 Å². The summed E-state index contributed by atoms with van der Waals surface area (Å²) >= 11 is 0. The van der Waals surface area contributed by atoms with Crippen molar-refractivity contribution in [2.45, 2.75) is 57.4 Å². The minimum absolute atomic E-state index is 0.192. The van der Waals surface area contributed by atoms with Crippen molar-refractivity contribution < 1.29 is 4.79 Å². The first-order valence-corrected chi connectivity index (χ1v) is 7.51. The summed E-state index contributed by atoms with van der Waals surface area (Å²) in [5.41, 5.74) is 11.4. The Bertz CT molecular complexity index is 328. The number of carbonyl (C=O) groups is 1. The summed E-state index contributed by atoms with van der Waals surface area (Å²) in [4.78, 5) is 17.7. The van der Waals surface area contributed by atoms with E-state index in [9.17, 15) is 4.79 Å². The van der Waals surface area contributed by atoms with E-state index < -0.39 is 0 Å². The lowest BCUT2D eigenvalue weighted by atomic mass is 9.93. The van der Waals surface area contributed by atoms with Crippen molar-refractivity contribution in [3.8, 4) is 0 Å². The van der Waals surface area contributed by atoms with Crippen LogP contribution in [-0.4, -0.2) is 35.9 Å². The van der Waals surface area contributed by atoms with Crippen molar-refractivity contribution in [1.82, 2.24) is 4.90 Å². The molecule has 0 aromatic heterocycles. The van der Waals surface area contributed by atoms with Crippen molar-refractivity contribution >= 4 is 11.9 Å². The highest BCUT2D eigenvalue weighted by Gasteiger charge is 2.22. The van der Waals surface area contributed by atoms with Crippen LogP contribution in [0, 0.1) is 5.92 Å². The van der Waals surface area contributed by atoms with Gasteiger partial charge < -0.3 is 16.4 Å². The van der Waals surface area contributed by atoms with Crippen LogP contribution in [0.3, 0.4) is 0 Å². The van der Waals surface area contributed by atoms with Crippen LogP contribution in [0.2, 0.25) is 0 Å². The Morgan fingerprint density at radius 3 is 2.26 bits per heavy atom. The molecule has 0 unspecified atom stereocenters. The first kappa shape index (κ1) is 14.2. The van der Waals surface area contributed by atoms with Crippen LogP contribution in [0.15, 0.2) is 4.99 Å². The summed E-state index contributed by atoms with van der Waals surface area (Å²) in [6, 6.07) is 0.428. The minimum Gasteiger partial charge on any atom is -0.370 e. The Hall–Kier alpha value is -1.26. The third kappa shape index (κ3) is 4.40. The van der Waals surface area contributed by atoms with Crippen molar-refractivity contribution in [2.24, 2.45) is 22.4 Å². The molecule has 19 heavy (non-hydrogen) atoms. The molecule has 5 nitrogen and oxygen atoms in total. The number of amides is 1. The molecule has 5 heteroatoms. The zero-order valence-electron chi connectivity index (χ0n) is 11.7. The fourth-order valence-electron chi connectivity index (χ4n) is 3.13. The van der Waals surface area contributed by atoms with Crippen molar-refractivity contribution in [1.29, 1.82) is 0 Å². The second-order valence-electron chi connectivity index (χ2n) is 5.88. The zero-order chi connectivity index (χ0) is 13.7. The molecule has 0 spiro atoms. The number of likely N-dealkylation sites (tertiary alicyclic amines) is 1. The number of guanidine groups is 1. The van der Waals surface area contributed by atoms with E-state index in [1.165, 1.54) is 32.1 Å². The van der Waals surface area contributed by atoms with Gasteiger partial charge in [0.2, 0.25) is 5.91 Å². The molecule has 1 saturated heterocycles. The number of nitrogens with zero attached hydrogens (tertiary/aromatic N) is 2. The molecule has 108 valence electrons. The summed E-state index contributed by atoms with van der Waals surface area (Å²) in [6.45, 7) is 1.81. The standard InChI is InChI=1S/C14H26N4O/c15-13(19)10-11-6-8-18(9-7-11)14(16)17-12-4-2-1-3-5-12/h11-12H,1-10H2,(H2,15,19)(H2,16,17). The molecule has 1 amide bonds. The lowest BCUT2D eigenvalue weighted by Gasteiger charge is -2.33. The first-order chi connectivity index (χ1) is 9.15. The Labute approximate surface area is 115 Å². The van der Waals surface area contributed by atoms with Gasteiger partial charge in [-0.3, -0.25) is 4.79 Å². The van der Waals surface area contributed by atoms with Gasteiger partial charge in [-0.15, -0.1) is 0 Å². The van der Waals surface area contributed by atoms with Crippen molar-refractivity contribution in [3.63, 3.8) is 0 Å². The Morgan fingerprint density at radius 1 is 1.05 bits per heavy atom. The van der Waals surface area contributed by atoms with E-state index in [4.69, 9.17) is 11.5 Å². The zero-order valence-corrected chi connectivity index (χ0v) is 11.7. The van der Waals surface area contributed by atoms with E-state index in [0.29, 0.717) is 24.3 Å². The molecule has 2 aliphatic rings. The molecule has 2 rings (SSSR count). The Morgan fingerprint density at radius 2 is 1.68 bits per heavy atom. The highest BCUT2D eigenvalue weighted by molar-refractivity contribution is 5.78. The van der Waals surface area contributed by atoms with Gasteiger partial charge >= 0.3 is 0 Å². The molecule has 4 N–H and O–H groups in total. The van der Waals surface area contributed by atoms with Crippen LogP contribution in [0.25, 0.3) is 0 Å². The quantitative estimate of drug-likeness (QED) is 0.595. The lowest BCUT2D eigenvalue weighted by Crippen LogP contribution is -2.44. The summed E-state index contributed by atoms with van der Waals surface area (Å²) in [5.74, 6) is 0.933. The summed E-state index contributed by atoms with van der Waals surface area (Å²) < 4.78 is 0. The highest BCUT2D eigenvalue weighted by Crippen LogP contribution is 2.22. The van der Waals surface area contributed by atoms with E-state index in [-0.39, 0.29) is 5.91 Å². The van der Waals surface area contributed by atoms with Gasteiger partial charge in [0, 0.05) is 19.5 Å². The Kier molecular flexibility index (Phi) is 5.05. The first-order valence-electron chi connectivity index (χ1n) is 7.51. The molecular weight excluding hydrogens is 240 g/mol. The van der Waals surface area contributed by atoms with Crippen LogP contribution in [0.4, 0.5) is 0 Å². The van der Waals surface area contributed by atoms with E-state index in [0.717, 1.165) is 25.9 Å². The third-order valence-electron chi connectivity index (χ3n) is 4.32. The van der Waals surface area contributed by atoms with E-state index in [1.807, 2.05) is 0 Å². The minimum atomic E-state index is -0.192. The second kappa shape index (κ2) is 6.78. The molecule has 2 fully saturated rings. The maximum Gasteiger partial charge on any atom is 0.217 e. The van der Waals surface area contributed by atoms with Crippen molar-refractivity contribution in [2.75, 3.05) is 13.1 Å². The number of primary amides is 1. The fourth-order valence-corrected chi connectivity index (χ4v) is 3.13. The second-order valence-corrected chi connectivity index (χ2v) is 5.88. The van der Waals surface area contributed by atoms with Crippen LogP contribution >= 0.6 is 0 Å². The maximum atomic E-state index is 10.9. The van der Waals surface area contributed by atoms with Crippen molar-refractivity contribution in [3.05, 3.63) is 0 Å². The summed E-state index contributed by atoms with van der Waals surface area (Å²) in [6.07, 6.45) is 8.74. The van der Waals surface area contributed by atoms with Crippen LogP contribution in [-0.2, 0) is 4.79 Å². The van der Waals surface area contributed by atoms with Gasteiger partial charge in [-0.2, -0.15) is 0 Å². The number of carbonyl (C=O) groups excluding carboxylic acids is 1. The van der Waals surface area contributed by atoms with Gasteiger partial charge in [-0.05, 0) is 31.6 Å². The van der Waals surface area contributed by atoms with Crippen LogP contribution in [0.1, 0.15) is 51.4 Å². The number of piperidine rings is 1. The van der Waals surface area contributed by atoms with Gasteiger partial charge in [0.05, 0.1) is 6.04 Å². The maximum absolute atomic E-state index is 10.9. The molecule has 1 aliphatic carbocycles. The van der Waals surface area contributed by atoms with Crippen LogP contribution in [0.5, 0.6) is 0 Å². The van der Waals surface area contributed by atoms with Gasteiger partial charge in [0.15, 0.2) is 5.96 Å². The Balaban J connectivity index is 1.79. The highest BCUT2D eigenvalue weighted by atomic mass is 16.1. The SMILES string of the molecule is NC(=O)CC1CCN(C(N)=NC2CCCCC2)CC1. The smallest absolute Gasteiger partial charge is 0.217 e. The molecule has 1 heterocycles. The van der Waals surface area contributed by atoms with Gasteiger partial charge in [0.1, 0.15) is 0 Å². The average molecular weight is 266 g/mol. The average Bonchev–Trinajstić information content (AvgIpc) is 2.40. The van der Waals surface area contributed by atoms with E-state index in [2.05, 4.69) is 9.89 Å². The molecule has 0 bridgehead atoms. The number of hydrogen-bond acceptors (Lipinski definition) is 2. The predicted molar refractivity (Wildman–Crippen MR) is 76.6 cm³/mol. The van der Waals surface area contributed by atoms with E-state index >= 15 is 0 Å². The third-order valence-corrected chi connectivity index (χ3v) is 4.32. The van der Waals surface area contributed by atoms with Gasteiger partial charge in [-0.1, -0.05) is 19.3 Å². The number of aliphatic imine (C=N–C) groups is 1. The lowest BCUT2D eigenvalue weighted by molar-refractivity contribution is -0.119. The molecule has 0 aromatic carbocycles. The molecule has 1 saturated carbocycles. The molecular formula is C14H26N4O. The monoisotopic (exact) mass is 266 g/mol. The summed E-state index contributed by atoms with van der Waals surface area (Å²) in [7, 11) is 0. The number of hydrogen-bond donors (Lipinski definition) is 2. The molecule has 1 aliphatic heterocycles. The number of nitrogens with two attached hydrogens (primary N) is 2.